The highest BCUT2D eigenvalue weighted by Crippen LogP contribution is 2.18. The molecule has 0 unspecified atom stereocenters. The monoisotopic (exact) mass is 310 g/mol. The minimum atomic E-state index is -0.254. The Morgan fingerprint density at radius 2 is 1.73 bits per heavy atom. The van der Waals surface area contributed by atoms with Crippen LogP contribution in [0.2, 0.25) is 5.02 Å². The summed E-state index contributed by atoms with van der Waals surface area (Å²) in [5, 5.41) is 8.53. The number of rotatable bonds is 3. The molecular weight excluding hydrogens is 296 g/mol. The number of halogens is 1. The van der Waals surface area contributed by atoms with Crippen LogP contribution < -0.4 is 10.6 Å². The van der Waals surface area contributed by atoms with Crippen LogP contribution in [0.5, 0.6) is 0 Å². The molecule has 0 aliphatic carbocycles. The number of hydrogen-bond donors (Lipinski definition) is 2. The van der Waals surface area contributed by atoms with E-state index in [1.54, 1.807) is 24.3 Å². The van der Waals surface area contributed by atoms with E-state index < -0.39 is 0 Å². The quantitative estimate of drug-likeness (QED) is 0.716. The van der Waals surface area contributed by atoms with E-state index in [2.05, 4.69) is 28.8 Å². The predicted octanol–water partition coefficient (Wildman–Crippen LogP) is 4.81. The second kappa shape index (κ2) is 6.50. The van der Waals surface area contributed by atoms with Gasteiger partial charge in [0.15, 0.2) is 0 Å². The number of nitrogens with one attached hydrogen (secondary N) is 2. The summed E-state index contributed by atoms with van der Waals surface area (Å²) < 4.78 is 0. The Kier molecular flexibility index (Phi) is 4.26. The highest BCUT2D eigenvalue weighted by Gasteiger charge is 2.04. The van der Waals surface area contributed by atoms with Crippen LogP contribution >= 0.6 is 11.6 Å². The number of fused-ring (bicyclic) bond motifs is 1. The lowest BCUT2D eigenvalue weighted by Gasteiger charge is -2.10. The van der Waals surface area contributed by atoms with Crippen molar-refractivity contribution in [3.05, 3.63) is 77.3 Å². The first-order chi connectivity index (χ1) is 10.7. The number of amides is 2. The van der Waals surface area contributed by atoms with Crippen molar-refractivity contribution < 1.29 is 4.79 Å². The van der Waals surface area contributed by atoms with Gasteiger partial charge in [0, 0.05) is 17.3 Å². The van der Waals surface area contributed by atoms with Crippen molar-refractivity contribution in [3.8, 4) is 0 Å². The summed E-state index contributed by atoms with van der Waals surface area (Å²) >= 11 is 5.89. The van der Waals surface area contributed by atoms with E-state index in [0.29, 0.717) is 17.3 Å². The van der Waals surface area contributed by atoms with Crippen LogP contribution in [0.1, 0.15) is 5.56 Å². The molecule has 0 saturated heterocycles. The number of anilines is 1. The van der Waals surface area contributed by atoms with Crippen molar-refractivity contribution in [2.75, 3.05) is 5.32 Å². The topological polar surface area (TPSA) is 41.1 Å². The van der Waals surface area contributed by atoms with Crippen molar-refractivity contribution >= 4 is 34.1 Å². The number of hydrogen-bond acceptors (Lipinski definition) is 1. The first-order valence-electron chi connectivity index (χ1n) is 6.99. The zero-order valence-corrected chi connectivity index (χ0v) is 12.6. The van der Waals surface area contributed by atoms with Crippen molar-refractivity contribution in [2.24, 2.45) is 0 Å². The van der Waals surface area contributed by atoms with Crippen molar-refractivity contribution in [2.45, 2.75) is 6.54 Å². The second-order valence-corrected chi connectivity index (χ2v) is 5.39. The third kappa shape index (κ3) is 3.38. The molecule has 110 valence electrons. The van der Waals surface area contributed by atoms with Crippen molar-refractivity contribution in [3.63, 3.8) is 0 Å². The fourth-order valence-corrected chi connectivity index (χ4v) is 2.55. The van der Waals surface area contributed by atoms with Crippen LogP contribution in [0.15, 0.2) is 66.7 Å². The van der Waals surface area contributed by atoms with Gasteiger partial charge in [0.1, 0.15) is 0 Å². The lowest BCUT2D eigenvalue weighted by atomic mass is 10.0. The Bertz CT molecular complexity index is 812. The van der Waals surface area contributed by atoms with Gasteiger partial charge in [-0.2, -0.15) is 0 Å². The smallest absolute Gasteiger partial charge is 0.319 e. The zero-order chi connectivity index (χ0) is 15.4. The fourth-order valence-electron chi connectivity index (χ4n) is 2.36. The minimum Gasteiger partial charge on any atom is -0.334 e. The first kappa shape index (κ1) is 14.4. The molecule has 2 N–H and O–H groups in total. The maximum absolute atomic E-state index is 12.0. The molecule has 3 aromatic rings. The van der Waals surface area contributed by atoms with Crippen LogP contribution in [-0.4, -0.2) is 6.03 Å². The second-order valence-electron chi connectivity index (χ2n) is 4.96. The van der Waals surface area contributed by atoms with E-state index in [1.165, 1.54) is 0 Å². The normalized spacial score (nSPS) is 10.4. The summed E-state index contributed by atoms with van der Waals surface area (Å²) in [4.78, 5) is 12.0. The predicted molar refractivity (Wildman–Crippen MR) is 91.3 cm³/mol. The summed E-state index contributed by atoms with van der Waals surface area (Å²) in [6, 6.07) is 21.0. The summed E-state index contributed by atoms with van der Waals surface area (Å²) in [5.41, 5.74) is 1.75. The molecule has 0 aliphatic rings. The highest BCUT2D eigenvalue weighted by molar-refractivity contribution is 6.30. The largest absolute Gasteiger partial charge is 0.334 e. The molecule has 4 heteroatoms. The molecule has 0 saturated carbocycles. The molecule has 2 amide bonds. The minimum absolute atomic E-state index is 0.254. The molecule has 0 aromatic heterocycles. The molecule has 0 atom stereocenters. The maximum atomic E-state index is 12.0. The molecule has 22 heavy (non-hydrogen) atoms. The molecule has 3 rings (SSSR count). The van der Waals surface area contributed by atoms with E-state index in [1.807, 2.05) is 24.3 Å². The summed E-state index contributed by atoms with van der Waals surface area (Å²) in [5.74, 6) is 0. The van der Waals surface area contributed by atoms with Gasteiger partial charge in [-0.3, -0.25) is 0 Å². The van der Waals surface area contributed by atoms with Gasteiger partial charge in [-0.1, -0.05) is 60.1 Å². The van der Waals surface area contributed by atoms with Crippen LogP contribution in [0.25, 0.3) is 10.8 Å². The van der Waals surface area contributed by atoms with Gasteiger partial charge in [-0.05, 0) is 34.5 Å². The maximum Gasteiger partial charge on any atom is 0.319 e. The van der Waals surface area contributed by atoms with Crippen LogP contribution in [-0.2, 0) is 6.54 Å². The van der Waals surface area contributed by atoms with E-state index in [-0.39, 0.29) is 6.03 Å². The van der Waals surface area contributed by atoms with Gasteiger partial charge in [0.2, 0.25) is 0 Å². The molecule has 0 bridgehead atoms. The van der Waals surface area contributed by atoms with Gasteiger partial charge in [0.05, 0.1) is 0 Å². The van der Waals surface area contributed by atoms with Gasteiger partial charge in [0.25, 0.3) is 0 Å². The van der Waals surface area contributed by atoms with E-state index in [0.717, 1.165) is 16.3 Å². The Labute approximate surface area is 133 Å². The van der Waals surface area contributed by atoms with Gasteiger partial charge >= 0.3 is 6.03 Å². The average Bonchev–Trinajstić information content (AvgIpc) is 2.53. The number of urea groups is 1. The van der Waals surface area contributed by atoms with Crippen molar-refractivity contribution in [1.29, 1.82) is 0 Å². The average molecular weight is 311 g/mol. The molecule has 3 aromatic carbocycles. The molecule has 3 nitrogen and oxygen atoms in total. The molecule has 0 aliphatic heterocycles. The molecule has 0 radical (unpaired) electrons. The number of carbonyl (C=O) groups is 1. The third-order valence-electron chi connectivity index (χ3n) is 3.40. The lowest BCUT2D eigenvalue weighted by Crippen LogP contribution is -2.28. The molecular formula is C18H15ClN2O. The van der Waals surface area contributed by atoms with E-state index in [4.69, 9.17) is 11.6 Å². The summed E-state index contributed by atoms with van der Waals surface area (Å²) in [6.45, 7) is 0.466. The molecule has 0 spiro atoms. The standard InChI is InChI=1S/C18H15ClN2O/c19-15-8-4-9-16(11-15)21-18(22)20-12-14-7-3-6-13-5-1-2-10-17(13)14/h1-11H,12H2,(H2,20,21,22). The molecule has 0 heterocycles. The number of carbonyl (C=O) groups excluding carboxylic acids is 1. The summed E-state index contributed by atoms with van der Waals surface area (Å²) in [6.07, 6.45) is 0. The van der Waals surface area contributed by atoms with Gasteiger partial charge in [-0.25, -0.2) is 4.79 Å². The third-order valence-corrected chi connectivity index (χ3v) is 3.64. The van der Waals surface area contributed by atoms with Gasteiger partial charge in [-0.15, -0.1) is 0 Å². The SMILES string of the molecule is O=C(NCc1cccc2ccccc12)Nc1cccc(Cl)c1. The van der Waals surface area contributed by atoms with E-state index in [9.17, 15) is 4.79 Å². The van der Waals surface area contributed by atoms with Crippen molar-refractivity contribution in [1.82, 2.24) is 5.32 Å². The first-order valence-corrected chi connectivity index (χ1v) is 7.37. The van der Waals surface area contributed by atoms with Crippen LogP contribution in [0, 0.1) is 0 Å². The summed E-state index contributed by atoms with van der Waals surface area (Å²) in [7, 11) is 0. The van der Waals surface area contributed by atoms with Gasteiger partial charge < -0.3 is 10.6 Å². The Morgan fingerprint density at radius 3 is 2.59 bits per heavy atom. The van der Waals surface area contributed by atoms with Crippen LogP contribution in [0.4, 0.5) is 10.5 Å². The Hall–Kier alpha value is -2.52. The number of benzene rings is 3. The zero-order valence-electron chi connectivity index (χ0n) is 11.8. The van der Waals surface area contributed by atoms with Crippen LogP contribution in [0.3, 0.4) is 0 Å². The Morgan fingerprint density at radius 1 is 0.955 bits per heavy atom. The highest BCUT2D eigenvalue weighted by atomic mass is 35.5. The fraction of sp³-hybridized carbons (Fsp3) is 0.0556. The lowest BCUT2D eigenvalue weighted by molar-refractivity contribution is 0.252. The molecule has 0 fully saturated rings. The Balaban J connectivity index is 1.68. The van der Waals surface area contributed by atoms with E-state index >= 15 is 0 Å².